The van der Waals surface area contributed by atoms with Crippen LogP contribution in [0.15, 0.2) is 18.2 Å². The van der Waals surface area contributed by atoms with Crippen molar-refractivity contribution in [3.8, 4) is 11.5 Å². The van der Waals surface area contributed by atoms with Crippen molar-refractivity contribution in [2.24, 2.45) is 0 Å². The summed E-state index contributed by atoms with van der Waals surface area (Å²) in [6.45, 7) is 1.88. The zero-order valence-electron chi connectivity index (χ0n) is 11.3. The second kappa shape index (κ2) is 5.14. The summed E-state index contributed by atoms with van der Waals surface area (Å²) in [5, 5.41) is 0.827. The molecule has 0 fully saturated rings. The van der Waals surface area contributed by atoms with Crippen molar-refractivity contribution in [3.05, 3.63) is 29.5 Å². The van der Waals surface area contributed by atoms with Crippen molar-refractivity contribution in [1.82, 2.24) is 4.98 Å². The van der Waals surface area contributed by atoms with E-state index in [1.165, 1.54) is 7.11 Å². The second-order valence-corrected chi connectivity index (χ2v) is 3.99. The molecule has 0 N–H and O–H groups in total. The van der Waals surface area contributed by atoms with Crippen LogP contribution in [0.4, 0.5) is 0 Å². The first-order chi connectivity index (χ1) is 9.12. The summed E-state index contributed by atoms with van der Waals surface area (Å²) in [5.74, 6) is 0.794. The summed E-state index contributed by atoms with van der Waals surface area (Å²) in [5.41, 5.74) is 1.73. The zero-order chi connectivity index (χ0) is 14.0. The molecule has 2 aromatic rings. The molecule has 5 nitrogen and oxygen atoms in total. The molecule has 5 heteroatoms. The molecule has 19 heavy (non-hydrogen) atoms. The Morgan fingerprint density at radius 3 is 2.37 bits per heavy atom. The van der Waals surface area contributed by atoms with Gasteiger partial charge in [0.15, 0.2) is 5.69 Å². The standard InChI is InChI=1S/C14H15NO4/c1-8-11(17-2)6-5-9-12(18-3)7-10(14(16)19-4)15-13(8)9/h5-7H,1-4H3. The summed E-state index contributed by atoms with van der Waals surface area (Å²) < 4.78 is 15.3. The van der Waals surface area contributed by atoms with Crippen molar-refractivity contribution >= 4 is 16.9 Å². The number of aromatic nitrogens is 1. The molecular weight excluding hydrogens is 246 g/mol. The van der Waals surface area contributed by atoms with Gasteiger partial charge in [0.25, 0.3) is 0 Å². The lowest BCUT2D eigenvalue weighted by atomic mass is 10.1. The first-order valence-corrected chi connectivity index (χ1v) is 5.73. The topological polar surface area (TPSA) is 57.7 Å². The Labute approximate surface area is 111 Å². The smallest absolute Gasteiger partial charge is 0.356 e. The average Bonchev–Trinajstić information content (AvgIpc) is 2.46. The normalized spacial score (nSPS) is 10.3. The van der Waals surface area contributed by atoms with Gasteiger partial charge < -0.3 is 14.2 Å². The van der Waals surface area contributed by atoms with E-state index in [2.05, 4.69) is 4.98 Å². The van der Waals surface area contributed by atoms with E-state index in [4.69, 9.17) is 14.2 Å². The van der Waals surface area contributed by atoms with Gasteiger partial charge in [-0.05, 0) is 19.1 Å². The fourth-order valence-corrected chi connectivity index (χ4v) is 1.98. The number of nitrogens with zero attached hydrogens (tertiary/aromatic N) is 1. The Morgan fingerprint density at radius 2 is 1.79 bits per heavy atom. The largest absolute Gasteiger partial charge is 0.496 e. The minimum absolute atomic E-state index is 0.211. The summed E-state index contributed by atoms with van der Waals surface area (Å²) >= 11 is 0. The number of hydrogen-bond acceptors (Lipinski definition) is 5. The Hall–Kier alpha value is -2.30. The molecule has 0 spiro atoms. The Bertz CT molecular complexity index is 637. The third kappa shape index (κ3) is 2.19. The number of rotatable bonds is 3. The number of hydrogen-bond donors (Lipinski definition) is 0. The minimum atomic E-state index is -0.498. The highest BCUT2D eigenvalue weighted by Gasteiger charge is 2.15. The lowest BCUT2D eigenvalue weighted by molar-refractivity contribution is 0.0594. The van der Waals surface area contributed by atoms with Crippen LogP contribution in [0.1, 0.15) is 16.1 Å². The van der Waals surface area contributed by atoms with Crippen LogP contribution in [-0.2, 0) is 4.74 Å². The fraction of sp³-hybridized carbons (Fsp3) is 0.286. The number of benzene rings is 1. The van der Waals surface area contributed by atoms with Crippen LogP contribution >= 0.6 is 0 Å². The molecule has 2 rings (SSSR count). The minimum Gasteiger partial charge on any atom is -0.496 e. The molecule has 1 heterocycles. The average molecular weight is 261 g/mol. The van der Waals surface area contributed by atoms with Crippen molar-refractivity contribution in [1.29, 1.82) is 0 Å². The Balaban J connectivity index is 2.78. The van der Waals surface area contributed by atoms with Crippen molar-refractivity contribution in [2.45, 2.75) is 6.92 Å². The number of carbonyl (C=O) groups is 1. The number of ether oxygens (including phenoxy) is 3. The number of pyridine rings is 1. The molecule has 0 bridgehead atoms. The van der Waals surface area contributed by atoms with Gasteiger partial charge in [-0.3, -0.25) is 0 Å². The monoisotopic (exact) mass is 261 g/mol. The lowest BCUT2D eigenvalue weighted by Gasteiger charge is -2.11. The van der Waals surface area contributed by atoms with E-state index in [1.807, 2.05) is 19.1 Å². The maximum atomic E-state index is 11.6. The summed E-state index contributed by atoms with van der Waals surface area (Å²) in [7, 11) is 4.46. The molecule has 0 aliphatic carbocycles. The van der Waals surface area contributed by atoms with Crippen LogP contribution in [-0.4, -0.2) is 32.3 Å². The van der Waals surface area contributed by atoms with Gasteiger partial charge in [-0.1, -0.05) is 0 Å². The van der Waals surface area contributed by atoms with Gasteiger partial charge in [0, 0.05) is 17.0 Å². The molecule has 0 saturated heterocycles. The van der Waals surface area contributed by atoms with Crippen LogP contribution in [0.3, 0.4) is 0 Å². The number of fused-ring (bicyclic) bond motifs is 1. The maximum Gasteiger partial charge on any atom is 0.356 e. The van der Waals surface area contributed by atoms with Gasteiger partial charge in [0.05, 0.1) is 26.8 Å². The summed E-state index contributed by atoms with van der Waals surface area (Å²) in [6.07, 6.45) is 0. The molecule has 1 aromatic carbocycles. The van der Waals surface area contributed by atoms with Gasteiger partial charge in [-0.25, -0.2) is 9.78 Å². The van der Waals surface area contributed by atoms with Crippen LogP contribution in [0.25, 0.3) is 10.9 Å². The molecule has 0 aliphatic rings. The quantitative estimate of drug-likeness (QED) is 0.794. The molecule has 0 unspecified atom stereocenters. The van der Waals surface area contributed by atoms with Crippen molar-refractivity contribution in [2.75, 3.05) is 21.3 Å². The van der Waals surface area contributed by atoms with E-state index >= 15 is 0 Å². The predicted molar refractivity (Wildman–Crippen MR) is 70.9 cm³/mol. The van der Waals surface area contributed by atoms with Gasteiger partial charge in [0.1, 0.15) is 11.5 Å². The van der Waals surface area contributed by atoms with Crippen LogP contribution in [0, 0.1) is 6.92 Å². The molecule has 0 amide bonds. The van der Waals surface area contributed by atoms with E-state index in [1.54, 1.807) is 20.3 Å². The van der Waals surface area contributed by atoms with Crippen molar-refractivity contribution in [3.63, 3.8) is 0 Å². The third-order valence-electron chi connectivity index (χ3n) is 2.98. The van der Waals surface area contributed by atoms with E-state index in [0.29, 0.717) is 17.0 Å². The maximum absolute atomic E-state index is 11.6. The van der Waals surface area contributed by atoms with Gasteiger partial charge in [-0.2, -0.15) is 0 Å². The van der Waals surface area contributed by atoms with E-state index < -0.39 is 5.97 Å². The Morgan fingerprint density at radius 1 is 1.11 bits per heavy atom. The first kappa shape index (κ1) is 13.1. The van der Waals surface area contributed by atoms with Gasteiger partial charge in [0.2, 0.25) is 0 Å². The highest BCUT2D eigenvalue weighted by molar-refractivity contribution is 5.95. The molecule has 0 radical (unpaired) electrons. The number of methoxy groups -OCH3 is 3. The summed E-state index contributed by atoms with van der Waals surface area (Å²) in [6, 6.07) is 5.27. The SMILES string of the molecule is COC(=O)c1cc(OC)c2ccc(OC)c(C)c2n1. The van der Waals surface area contributed by atoms with Gasteiger partial charge in [-0.15, -0.1) is 0 Å². The zero-order valence-corrected chi connectivity index (χ0v) is 11.3. The second-order valence-electron chi connectivity index (χ2n) is 3.99. The number of esters is 1. The van der Waals surface area contributed by atoms with E-state index in [-0.39, 0.29) is 5.69 Å². The number of carbonyl (C=O) groups excluding carboxylic acids is 1. The third-order valence-corrected chi connectivity index (χ3v) is 2.98. The van der Waals surface area contributed by atoms with E-state index in [0.717, 1.165) is 10.9 Å². The van der Waals surface area contributed by atoms with Crippen LogP contribution < -0.4 is 9.47 Å². The molecule has 0 saturated carbocycles. The molecule has 0 aliphatic heterocycles. The molecule has 0 atom stereocenters. The van der Waals surface area contributed by atoms with Gasteiger partial charge >= 0.3 is 5.97 Å². The lowest BCUT2D eigenvalue weighted by Crippen LogP contribution is -2.06. The highest BCUT2D eigenvalue weighted by Crippen LogP contribution is 2.32. The van der Waals surface area contributed by atoms with E-state index in [9.17, 15) is 4.79 Å². The highest BCUT2D eigenvalue weighted by atomic mass is 16.5. The summed E-state index contributed by atoms with van der Waals surface area (Å²) in [4.78, 5) is 15.9. The predicted octanol–water partition coefficient (Wildman–Crippen LogP) is 2.35. The van der Waals surface area contributed by atoms with Crippen molar-refractivity contribution < 1.29 is 19.0 Å². The Kier molecular flexibility index (Phi) is 3.55. The molecule has 100 valence electrons. The molecular formula is C14H15NO4. The molecule has 1 aromatic heterocycles. The first-order valence-electron chi connectivity index (χ1n) is 5.73. The van der Waals surface area contributed by atoms with Crippen LogP contribution in [0.5, 0.6) is 11.5 Å². The fourth-order valence-electron chi connectivity index (χ4n) is 1.98. The number of aryl methyl sites for hydroxylation is 1. The van der Waals surface area contributed by atoms with Crippen LogP contribution in [0.2, 0.25) is 0 Å².